The summed E-state index contributed by atoms with van der Waals surface area (Å²) in [4.78, 5) is 4.59. The Morgan fingerprint density at radius 1 is 1.31 bits per heavy atom. The zero-order chi connectivity index (χ0) is 11.2. The highest BCUT2D eigenvalue weighted by atomic mass is 15.0. The molecule has 3 heteroatoms. The second kappa shape index (κ2) is 3.32. The summed E-state index contributed by atoms with van der Waals surface area (Å²) in [6.07, 6.45) is 6.69. The van der Waals surface area contributed by atoms with Gasteiger partial charge in [-0.15, -0.1) is 0 Å². The van der Waals surface area contributed by atoms with E-state index in [0.29, 0.717) is 0 Å². The first kappa shape index (κ1) is 9.85. The highest BCUT2D eigenvalue weighted by Gasteiger charge is 2.35. The summed E-state index contributed by atoms with van der Waals surface area (Å²) in [5.74, 6) is 0. The van der Waals surface area contributed by atoms with Crippen LogP contribution in [0.3, 0.4) is 0 Å². The fourth-order valence-corrected chi connectivity index (χ4v) is 2.96. The zero-order valence-electron chi connectivity index (χ0n) is 9.61. The number of aryl methyl sites for hydroxylation is 1. The lowest BCUT2D eigenvalue weighted by molar-refractivity contribution is 0.441. The van der Waals surface area contributed by atoms with Crippen LogP contribution in [0.15, 0.2) is 24.4 Å². The molecule has 2 aromatic rings. The molecule has 1 fully saturated rings. The molecule has 0 aromatic carbocycles. The summed E-state index contributed by atoms with van der Waals surface area (Å²) >= 11 is 0. The Morgan fingerprint density at radius 2 is 2.06 bits per heavy atom. The van der Waals surface area contributed by atoms with Crippen molar-refractivity contribution in [3.8, 4) is 0 Å². The van der Waals surface area contributed by atoms with Crippen LogP contribution >= 0.6 is 0 Å². The van der Waals surface area contributed by atoms with Crippen LogP contribution < -0.4 is 5.73 Å². The molecule has 1 aliphatic rings. The fraction of sp³-hybridized carbons (Fsp3) is 0.462. The predicted octanol–water partition coefficient (Wildman–Crippen LogP) is 2.37. The highest BCUT2D eigenvalue weighted by Crippen LogP contribution is 2.37. The molecule has 2 heterocycles. The third-order valence-electron chi connectivity index (χ3n) is 3.67. The molecule has 0 radical (unpaired) electrons. The van der Waals surface area contributed by atoms with Crippen LogP contribution in [0.4, 0.5) is 0 Å². The lowest BCUT2D eigenvalue weighted by Crippen LogP contribution is -2.35. The van der Waals surface area contributed by atoms with Crippen LogP contribution in [-0.2, 0) is 5.54 Å². The van der Waals surface area contributed by atoms with Gasteiger partial charge in [-0.25, -0.2) is 4.98 Å². The van der Waals surface area contributed by atoms with Gasteiger partial charge in [-0.3, -0.25) is 0 Å². The zero-order valence-corrected chi connectivity index (χ0v) is 9.61. The van der Waals surface area contributed by atoms with E-state index in [1.54, 1.807) is 0 Å². The van der Waals surface area contributed by atoms with E-state index in [4.69, 9.17) is 5.73 Å². The van der Waals surface area contributed by atoms with Crippen molar-refractivity contribution in [2.45, 2.75) is 38.1 Å². The number of nitrogens with zero attached hydrogens (tertiary/aromatic N) is 2. The molecule has 0 amide bonds. The third kappa shape index (κ3) is 1.28. The van der Waals surface area contributed by atoms with E-state index in [2.05, 4.69) is 22.5 Å². The van der Waals surface area contributed by atoms with E-state index in [9.17, 15) is 0 Å². The van der Waals surface area contributed by atoms with Crippen molar-refractivity contribution in [1.29, 1.82) is 0 Å². The maximum absolute atomic E-state index is 6.53. The first-order valence-electron chi connectivity index (χ1n) is 5.94. The van der Waals surface area contributed by atoms with Crippen LogP contribution in [0.25, 0.3) is 5.65 Å². The Balaban J connectivity index is 2.26. The molecule has 16 heavy (non-hydrogen) atoms. The first-order chi connectivity index (χ1) is 7.71. The molecule has 2 aromatic heterocycles. The number of imidazole rings is 1. The number of fused-ring (bicyclic) bond motifs is 1. The van der Waals surface area contributed by atoms with Gasteiger partial charge in [0.15, 0.2) is 0 Å². The minimum Gasteiger partial charge on any atom is -0.320 e. The maximum Gasteiger partial charge on any atom is 0.137 e. The number of pyridine rings is 1. The minimum absolute atomic E-state index is 0.162. The summed E-state index contributed by atoms with van der Waals surface area (Å²) < 4.78 is 2.15. The Morgan fingerprint density at radius 3 is 2.81 bits per heavy atom. The minimum atomic E-state index is -0.162. The van der Waals surface area contributed by atoms with Crippen LogP contribution in [0.5, 0.6) is 0 Å². The molecule has 0 atom stereocenters. The summed E-state index contributed by atoms with van der Waals surface area (Å²) in [6, 6.07) is 6.09. The molecule has 84 valence electrons. The Kier molecular flexibility index (Phi) is 2.04. The topological polar surface area (TPSA) is 43.3 Å². The fourth-order valence-electron chi connectivity index (χ4n) is 2.96. The number of rotatable bonds is 1. The molecule has 0 unspecified atom stereocenters. The Bertz CT molecular complexity index is 521. The predicted molar refractivity (Wildman–Crippen MR) is 64.3 cm³/mol. The number of hydrogen-bond donors (Lipinski definition) is 1. The van der Waals surface area contributed by atoms with E-state index in [-0.39, 0.29) is 5.54 Å². The van der Waals surface area contributed by atoms with Crippen LogP contribution in [0.2, 0.25) is 0 Å². The second-order valence-corrected chi connectivity index (χ2v) is 4.84. The monoisotopic (exact) mass is 215 g/mol. The molecule has 0 bridgehead atoms. The van der Waals surface area contributed by atoms with E-state index in [0.717, 1.165) is 24.2 Å². The summed E-state index contributed by atoms with van der Waals surface area (Å²) in [7, 11) is 0. The van der Waals surface area contributed by atoms with Gasteiger partial charge in [0.25, 0.3) is 0 Å². The van der Waals surface area contributed by atoms with Crippen molar-refractivity contribution in [2.75, 3.05) is 0 Å². The SMILES string of the molecule is Cc1nc2ccccn2c1C1(N)CCCC1. The second-order valence-electron chi connectivity index (χ2n) is 4.84. The molecule has 0 aliphatic heterocycles. The maximum atomic E-state index is 6.53. The lowest BCUT2D eigenvalue weighted by Gasteiger charge is -2.24. The Labute approximate surface area is 95.3 Å². The summed E-state index contributed by atoms with van der Waals surface area (Å²) in [5.41, 5.74) is 9.66. The van der Waals surface area contributed by atoms with E-state index in [1.807, 2.05) is 18.2 Å². The first-order valence-corrected chi connectivity index (χ1v) is 5.94. The number of nitrogens with two attached hydrogens (primary N) is 1. The van der Waals surface area contributed by atoms with Crippen molar-refractivity contribution < 1.29 is 0 Å². The van der Waals surface area contributed by atoms with Gasteiger partial charge in [-0.2, -0.15) is 0 Å². The quantitative estimate of drug-likeness (QED) is 0.793. The Hall–Kier alpha value is -1.35. The van der Waals surface area contributed by atoms with Gasteiger partial charge in [0.05, 0.1) is 16.9 Å². The average Bonchev–Trinajstić information content (AvgIpc) is 2.81. The molecule has 2 N–H and O–H groups in total. The van der Waals surface area contributed by atoms with Crippen LogP contribution in [-0.4, -0.2) is 9.38 Å². The van der Waals surface area contributed by atoms with Gasteiger partial charge in [0, 0.05) is 6.20 Å². The molecule has 0 spiro atoms. The van der Waals surface area contributed by atoms with Crippen molar-refractivity contribution in [2.24, 2.45) is 5.73 Å². The van der Waals surface area contributed by atoms with E-state index < -0.39 is 0 Å². The van der Waals surface area contributed by atoms with Crippen molar-refractivity contribution in [3.05, 3.63) is 35.8 Å². The number of hydrogen-bond acceptors (Lipinski definition) is 2. The van der Waals surface area contributed by atoms with Gasteiger partial charge in [-0.1, -0.05) is 18.9 Å². The van der Waals surface area contributed by atoms with Gasteiger partial charge in [0.1, 0.15) is 5.65 Å². The smallest absolute Gasteiger partial charge is 0.137 e. The number of aromatic nitrogens is 2. The molecule has 0 saturated heterocycles. The molecule has 1 aliphatic carbocycles. The van der Waals surface area contributed by atoms with Crippen molar-refractivity contribution in [1.82, 2.24) is 9.38 Å². The van der Waals surface area contributed by atoms with Gasteiger partial charge in [0.2, 0.25) is 0 Å². The van der Waals surface area contributed by atoms with E-state index >= 15 is 0 Å². The summed E-state index contributed by atoms with van der Waals surface area (Å²) in [6.45, 7) is 2.06. The lowest BCUT2D eigenvalue weighted by atomic mass is 9.93. The molecular formula is C13H17N3. The standard InChI is InChI=1S/C13H17N3/c1-10-12(13(14)7-3-4-8-13)16-9-5-2-6-11(16)15-10/h2,5-6,9H,3-4,7-8,14H2,1H3. The molecule has 3 nitrogen and oxygen atoms in total. The van der Waals surface area contributed by atoms with Gasteiger partial charge in [-0.05, 0) is 31.9 Å². The molecule has 1 saturated carbocycles. The third-order valence-corrected chi connectivity index (χ3v) is 3.67. The van der Waals surface area contributed by atoms with Crippen LogP contribution in [0.1, 0.15) is 37.1 Å². The van der Waals surface area contributed by atoms with Crippen LogP contribution in [0, 0.1) is 6.92 Å². The van der Waals surface area contributed by atoms with Gasteiger partial charge >= 0.3 is 0 Å². The molecular weight excluding hydrogens is 198 g/mol. The largest absolute Gasteiger partial charge is 0.320 e. The van der Waals surface area contributed by atoms with Crippen molar-refractivity contribution in [3.63, 3.8) is 0 Å². The van der Waals surface area contributed by atoms with E-state index in [1.165, 1.54) is 18.5 Å². The highest BCUT2D eigenvalue weighted by molar-refractivity contribution is 5.45. The summed E-state index contributed by atoms with van der Waals surface area (Å²) in [5, 5.41) is 0. The molecule has 3 rings (SSSR count). The van der Waals surface area contributed by atoms with Gasteiger partial charge < -0.3 is 10.1 Å². The average molecular weight is 215 g/mol. The normalized spacial score (nSPS) is 19.4. The van der Waals surface area contributed by atoms with Crippen molar-refractivity contribution >= 4 is 5.65 Å².